The summed E-state index contributed by atoms with van der Waals surface area (Å²) in [5.74, 6) is -1.16. The third-order valence-electron chi connectivity index (χ3n) is 3.58. The summed E-state index contributed by atoms with van der Waals surface area (Å²) in [5, 5.41) is 11.9. The van der Waals surface area contributed by atoms with Crippen LogP contribution in [0, 0.1) is 0 Å². The van der Waals surface area contributed by atoms with Crippen LogP contribution in [0.5, 0.6) is 0 Å². The number of rotatable bonds is 4. The topological polar surface area (TPSA) is 89.9 Å². The first-order chi connectivity index (χ1) is 11.4. The molecule has 0 bridgehead atoms. The smallest absolute Gasteiger partial charge is 0.317 e. The normalized spacial score (nSPS) is 14.4. The molecule has 3 amide bonds. The van der Waals surface area contributed by atoms with Gasteiger partial charge in [0.05, 0.1) is 6.42 Å². The molecule has 24 heavy (non-hydrogen) atoms. The minimum Gasteiger partial charge on any atom is -0.481 e. The highest BCUT2D eigenvalue weighted by atomic mass is 35.5. The maximum atomic E-state index is 12.5. The van der Waals surface area contributed by atoms with Crippen LogP contribution in [0.2, 0.25) is 10.0 Å². The van der Waals surface area contributed by atoms with Crippen molar-refractivity contribution in [2.75, 3.05) is 32.7 Å². The molecule has 0 aliphatic carbocycles. The summed E-state index contributed by atoms with van der Waals surface area (Å²) in [5.41, 5.74) is 0.409. The Balaban J connectivity index is 1.86. The number of nitrogens with one attached hydrogen (secondary N) is 1. The predicted molar refractivity (Wildman–Crippen MR) is 89.6 cm³/mol. The van der Waals surface area contributed by atoms with E-state index in [0.717, 1.165) is 0 Å². The summed E-state index contributed by atoms with van der Waals surface area (Å²) in [4.78, 5) is 38.0. The first-order valence-electron chi connectivity index (χ1n) is 7.37. The van der Waals surface area contributed by atoms with Crippen LogP contribution in [0.1, 0.15) is 16.8 Å². The maximum absolute atomic E-state index is 12.5. The van der Waals surface area contributed by atoms with E-state index in [2.05, 4.69) is 5.32 Å². The fraction of sp³-hybridized carbons (Fsp3) is 0.400. The zero-order chi connectivity index (χ0) is 17.7. The van der Waals surface area contributed by atoms with Crippen LogP contribution in [0.15, 0.2) is 18.2 Å². The molecule has 1 aromatic carbocycles. The van der Waals surface area contributed by atoms with Gasteiger partial charge in [0.25, 0.3) is 5.91 Å². The van der Waals surface area contributed by atoms with Crippen molar-refractivity contribution in [3.8, 4) is 0 Å². The molecule has 2 N–H and O–H groups in total. The van der Waals surface area contributed by atoms with Crippen LogP contribution >= 0.6 is 23.2 Å². The minimum atomic E-state index is -0.967. The summed E-state index contributed by atoms with van der Waals surface area (Å²) < 4.78 is 0. The second-order valence-electron chi connectivity index (χ2n) is 5.31. The van der Waals surface area contributed by atoms with E-state index in [1.54, 1.807) is 28.0 Å². The van der Waals surface area contributed by atoms with Crippen molar-refractivity contribution in [3.05, 3.63) is 33.8 Å². The second kappa shape index (κ2) is 8.21. The molecule has 0 spiro atoms. The Morgan fingerprint density at radius 1 is 1.00 bits per heavy atom. The highest BCUT2D eigenvalue weighted by Crippen LogP contribution is 2.20. The average molecular weight is 374 g/mol. The zero-order valence-electron chi connectivity index (χ0n) is 12.8. The van der Waals surface area contributed by atoms with Crippen LogP contribution < -0.4 is 5.32 Å². The first-order valence-corrected chi connectivity index (χ1v) is 8.12. The van der Waals surface area contributed by atoms with Crippen LogP contribution in [0.3, 0.4) is 0 Å². The van der Waals surface area contributed by atoms with Gasteiger partial charge in [0.2, 0.25) is 0 Å². The third-order valence-corrected chi connectivity index (χ3v) is 4.02. The van der Waals surface area contributed by atoms with Gasteiger partial charge in [-0.2, -0.15) is 0 Å². The Morgan fingerprint density at radius 2 is 1.54 bits per heavy atom. The van der Waals surface area contributed by atoms with Crippen molar-refractivity contribution in [1.29, 1.82) is 0 Å². The number of carbonyl (C=O) groups is 3. The molecule has 2 rings (SSSR count). The number of hydrogen-bond acceptors (Lipinski definition) is 3. The van der Waals surface area contributed by atoms with E-state index in [-0.39, 0.29) is 24.9 Å². The minimum absolute atomic E-state index is 0.0777. The highest BCUT2D eigenvalue weighted by molar-refractivity contribution is 6.35. The molecule has 0 saturated carbocycles. The molecule has 0 atom stereocenters. The van der Waals surface area contributed by atoms with Crippen LogP contribution in [-0.4, -0.2) is 65.5 Å². The fourth-order valence-electron chi connectivity index (χ4n) is 2.36. The largest absolute Gasteiger partial charge is 0.481 e. The number of carbonyl (C=O) groups excluding carboxylic acids is 2. The van der Waals surface area contributed by atoms with Crippen molar-refractivity contribution in [3.63, 3.8) is 0 Å². The number of carboxylic acids is 1. The number of carboxylic acid groups (broad SMARTS) is 1. The standard InChI is InChI=1S/C15H17Cl2N3O4/c16-11-7-10(8-12(17)9-11)14(23)19-3-5-20(6-4-19)15(24)18-2-1-13(21)22/h7-9H,1-6H2,(H,18,24)(H,21,22). The Kier molecular flexibility index (Phi) is 6.28. The highest BCUT2D eigenvalue weighted by Gasteiger charge is 2.25. The summed E-state index contributed by atoms with van der Waals surface area (Å²) in [6, 6.07) is 4.34. The molecule has 0 unspecified atom stereocenters. The van der Waals surface area contributed by atoms with Gasteiger partial charge < -0.3 is 20.2 Å². The maximum Gasteiger partial charge on any atom is 0.317 e. The summed E-state index contributed by atoms with van der Waals surface area (Å²) >= 11 is 11.8. The Bertz CT molecular complexity index is 625. The molecular formula is C15H17Cl2N3O4. The third kappa shape index (κ3) is 5.01. The molecule has 1 saturated heterocycles. The number of hydrogen-bond donors (Lipinski definition) is 2. The van der Waals surface area contributed by atoms with Crippen LogP contribution in [0.25, 0.3) is 0 Å². The van der Waals surface area contributed by atoms with Gasteiger partial charge >= 0.3 is 12.0 Å². The Labute approximate surface area is 149 Å². The van der Waals surface area contributed by atoms with Crippen molar-refractivity contribution in [1.82, 2.24) is 15.1 Å². The van der Waals surface area contributed by atoms with Crippen molar-refractivity contribution in [2.24, 2.45) is 0 Å². The summed E-state index contributed by atoms with van der Waals surface area (Å²) in [6.45, 7) is 1.59. The van der Waals surface area contributed by atoms with Gasteiger partial charge in [-0.05, 0) is 18.2 Å². The summed E-state index contributed by atoms with van der Waals surface area (Å²) in [6.07, 6.45) is -0.125. The molecule has 0 aromatic heterocycles. The summed E-state index contributed by atoms with van der Waals surface area (Å²) in [7, 11) is 0. The average Bonchev–Trinajstić information content (AvgIpc) is 2.53. The van der Waals surface area contributed by atoms with Crippen molar-refractivity contribution < 1.29 is 19.5 Å². The van der Waals surface area contributed by atoms with Crippen LogP contribution in [-0.2, 0) is 4.79 Å². The second-order valence-corrected chi connectivity index (χ2v) is 6.19. The lowest BCUT2D eigenvalue weighted by molar-refractivity contribution is -0.136. The van der Waals surface area contributed by atoms with Gasteiger partial charge in [0, 0.05) is 48.3 Å². The van der Waals surface area contributed by atoms with Crippen LogP contribution in [0.4, 0.5) is 4.79 Å². The molecule has 130 valence electrons. The molecule has 1 heterocycles. The van der Waals surface area contributed by atoms with Crippen molar-refractivity contribution >= 4 is 41.1 Å². The quantitative estimate of drug-likeness (QED) is 0.843. The lowest BCUT2D eigenvalue weighted by Crippen LogP contribution is -2.53. The van der Waals surface area contributed by atoms with E-state index in [9.17, 15) is 14.4 Å². The number of urea groups is 1. The van der Waals surface area contributed by atoms with E-state index in [4.69, 9.17) is 28.3 Å². The number of aliphatic carboxylic acids is 1. The van der Waals surface area contributed by atoms with Gasteiger partial charge in [0.1, 0.15) is 0 Å². The molecule has 1 aliphatic rings. The first kappa shape index (κ1) is 18.4. The predicted octanol–water partition coefficient (Wildman–Crippen LogP) is 1.94. The molecule has 1 aliphatic heterocycles. The number of amides is 3. The SMILES string of the molecule is O=C(O)CCNC(=O)N1CCN(C(=O)c2cc(Cl)cc(Cl)c2)CC1. The van der Waals surface area contributed by atoms with Gasteiger partial charge in [-0.1, -0.05) is 23.2 Å². The Morgan fingerprint density at radius 3 is 2.08 bits per heavy atom. The van der Waals surface area contributed by atoms with E-state index in [1.165, 1.54) is 0 Å². The molecule has 0 radical (unpaired) electrons. The van der Waals surface area contributed by atoms with E-state index in [1.807, 2.05) is 0 Å². The van der Waals surface area contributed by atoms with Crippen molar-refractivity contribution in [2.45, 2.75) is 6.42 Å². The monoisotopic (exact) mass is 373 g/mol. The molecule has 7 nitrogen and oxygen atoms in total. The molecule has 9 heteroatoms. The van der Waals surface area contributed by atoms with E-state index in [0.29, 0.717) is 41.8 Å². The van der Waals surface area contributed by atoms with Gasteiger partial charge in [-0.3, -0.25) is 9.59 Å². The molecule has 1 fully saturated rings. The lowest BCUT2D eigenvalue weighted by atomic mass is 10.2. The van der Waals surface area contributed by atoms with Gasteiger partial charge in [0.15, 0.2) is 0 Å². The van der Waals surface area contributed by atoms with E-state index < -0.39 is 5.97 Å². The fourth-order valence-corrected chi connectivity index (χ4v) is 2.89. The number of nitrogens with zero attached hydrogens (tertiary/aromatic N) is 2. The molecule has 1 aromatic rings. The van der Waals surface area contributed by atoms with Gasteiger partial charge in [-0.25, -0.2) is 4.79 Å². The number of benzene rings is 1. The zero-order valence-corrected chi connectivity index (χ0v) is 14.3. The molecular weight excluding hydrogens is 357 g/mol. The lowest BCUT2D eigenvalue weighted by Gasteiger charge is -2.34. The number of halogens is 2. The number of piperazine rings is 1. The Hall–Kier alpha value is -1.99. The van der Waals surface area contributed by atoms with Gasteiger partial charge in [-0.15, -0.1) is 0 Å². The van der Waals surface area contributed by atoms with E-state index >= 15 is 0 Å².